The minimum atomic E-state index is 0.0287. The molecular weight excluding hydrogens is 316 g/mol. The number of aromatic nitrogens is 4. The molecule has 1 aromatic carbocycles. The van der Waals surface area contributed by atoms with Gasteiger partial charge < -0.3 is 14.4 Å². The van der Waals surface area contributed by atoms with E-state index in [1.807, 2.05) is 43.1 Å². The quantitative estimate of drug-likeness (QED) is 0.712. The van der Waals surface area contributed by atoms with Gasteiger partial charge in [0, 0.05) is 33.2 Å². The Bertz CT molecular complexity index is 926. The van der Waals surface area contributed by atoms with Crippen LogP contribution >= 0.6 is 0 Å². The lowest BCUT2D eigenvalue weighted by Gasteiger charge is -2.35. The number of rotatable bonds is 2. The fraction of sp³-hybridized carbons (Fsp3) is 0.333. The summed E-state index contributed by atoms with van der Waals surface area (Å²) in [5, 5.41) is 0. The number of fused-ring (bicyclic) bond motifs is 1. The topological polar surface area (TPSA) is 67.2 Å². The molecule has 128 valence electrons. The second kappa shape index (κ2) is 6.16. The van der Waals surface area contributed by atoms with E-state index >= 15 is 0 Å². The fourth-order valence-corrected chi connectivity index (χ4v) is 3.23. The lowest BCUT2D eigenvalue weighted by molar-refractivity contribution is 0.0737. The van der Waals surface area contributed by atoms with Gasteiger partial charge in [-0.05, 0) is 19.1 Å². The Labute approximate surface area is 145 Å². The molecule has 3 heterocycles. The van der Waals surface area contributed by atoms with Crippen molar-refractivity contribution >= 4 is 22.8 Å². The van der Waals surface area contributed by atoms with Gasteiger partial charge in [0.05, 0.1) is 29.3 Å². The van der Waals surface area contributed by atoms with Crippen molar-refractivity contribution in [3.63, 3.8) is 0 Å². The summed E-state index contributed by atoms with van der Waals surface area (Å²) in [6, 6.07) is 7.90. The van der Waals surface area contributed by atoms with Gasteiger partial charge in [-0.1, -0.05) is 12.1 Å². The van der Waals surface area contributed by atoms with E-state index in [1.165, 1.54) is 0 Å². The van der Waals surface area contributed by atoms with Gasteiger partial charge in [-0.15, -0.1) is 0 Å². The van der Waals surface area contributed by atoms with Gasteiger partial charge in [-0.3, -0.25) is 4.79 Å². The molecule has 0 saturated carbocycles. The molecule has 0 unspecified atom stereocenters. The normalized spacial score (nSPS) is 15.0. The Kier molecular flexibility index (Phi) is 3.83. The third-order valence-electron chi connectivity index (χ3n) is 4.62. The second-order valence-electron chi connectivity index (χ2n) is 6.29. The van der Waals surface area contributed by atoms with Crippen molar-refractivity contribution in [2.24, 2.45) is 7.05 Å². The van der Waals surface area contributed by atoms with Crippen molar-refractivity contribution in [1.82, 2.24) is 24.4 Å². The van der Waals surface area contributed by atoms with Gasteiger partial charge in [-0.25, -0.2) is 15.0 Å². The molecule has 2 aromatic heterocycles. The van der Waals surface area contributed by atoms with E-state index in [2.05, 4.69) is 14.9 Å². The Balaban J connectivity index is 1.51. The first-order valence-corrected chi connectivity index (χ1v) is 8.37. The van der Waals surface area contributed by atoms with E-state index in [1.54, 1.807) is 17.1 Å². The van der Waals surface area contributed by atoms with Crippen LogP contribution in [0.4, 0.5) is 5.82 Å². The number of imidazole rings is 1. The molecule has 1 aliphatic rings. The molecule has 0 bridgehead atoms. The number of amides is 1. The first kappa shape index (κ1) is 15.6. The van der Waals surface area contributed by atoms with Crippen LogP contribution in [0.15, 0.2) is 36.8 Å². The largest absolute Gasteiger partial charge is 0.352 e. The van der Waals surface area contributed by atoms with E-state index in [4.69, 9.17) is 4.98 Å². The Morgan fingerprint density at radius 3 is 2.36 bits per heavy atom. The maximum atomic E-state index is 12.6. The summed E-state index contributed by atoms with van der Waals surface area (Å²) < 4.78 is 1.76. The molecule has 1 amide bonds. The smallest absolute Gasteiger partial charge is 0.272 e. The maximum absolute atomic E-state index is 12.6. The number of hydrogen-bond donors (Lipinski definition) is 0. The number of anilines is 1. The van der Waals surface area contributed by atoms with Crippen LogP contribution in [0.2, 0.25) is 0 Å². The van der Waals surface area contributed by atoms with E-state index in [-0.39, 0.29) is 5.91 Å². The van der Waals surface area contributed by atoms with Crippen molar-refractivity contribution in [2.75, 3.05) is 31.1 Å². The van der Waals surface area contributed by atoms with Crippen molar-refractivity contribution in [1.29, 1.82) is 0 Å². The fourth-order valence-electron chi connectivity index (χ4n) is 3.23. The molecule has 0 atom stereocenters. The molecule has 0 aliphatic carbocycles. The summed E-state index contributed by atoms with van der Waals surface area (Å²) in [4.78, 5) is 30.1. The van der Waals surface area contributed by atoms with Crippen LogP contribution in [0.25, 0.3) is 11.0 Å². The number of nitrogens with zero attached hydrogens (tertiary/aromatic N) is 6. The van der Waals surface area contributed by atoms with Crippen LogP contribution in [-0.4, -0.2) is 56.5 Å². The lowest BCUT2D eigenvalue weighted by atomic mass is 10.2. The summed E-state index contributed by atoms with van der Waals surface area (Å²) >= 11 is 0. The molecule has 25 heavy (non-hydrogen) atoms. The van der Waals surface area contributed by atoms with Crippen molar-refractivity contribution < 1.29 is 4.79 Å². The SMILES string of the molecule is Cc1nc2ccccc2nc1N1CCN(C(=O)c2cncn2C)CC1. The third kappa shape index (κ3) is 2.82. The number of piperazine rings is 1. The Morgan fingerprint density at radius 2 is 1.72 bits per heavy atom. The minimum Gasteiger partial charge on any atom is -0.352 e. The summed E-state index contributed by atoms with van der Waals surface area (Å²) in [6.45, 7) is 4.81. The average Bonchev–Trinajstić information content (AvgIpc) is 3.06. The minimum absolute atomic E-state index is 0.0287. The summed E-state index contributed by atoms with van der Waals surface area (Å²) in [5.74, 6) is 0.937. The molecule has 4 rings (SSSR count). The molecule has 3 aromatic rings. The van der Waals surface area contributed by atoms with Gasteiger partial charge in [0.25, 0.3) is 5.91 Å². The maximum Gasteiger partial charge on any atom is 0.272 e. The first-order chi connectivity index (χ1) is 12.1. The predicted octanol–water partition coefficient (Wildman–Crippen LogP) is 1.63. The monoisotopic (exact) mass is 336 g/mol. The number of para-hydroxylation sites is 2. The van der Waals surface area contributed by atoms with E-state index < -0.39 is 0 Å². The van der Waals surface area contributed by atoms with Crippen LogP contribution in [0.1, 0.15) is 16.2 Å². The highest BCUT2D eigenvalue weighted by Gasteiger charge is 2.25. The first-order valence-electron chi connectivity index (χ1n) is 8.37. The highest BCUT2D eigenvalue weighted by Crippen LogP contribution is 2.21. The van der Waals surface area contributed by atoms with Gasteiger partial charge in [0.2, 0.25) is 0 Å². The van der Waals surface area contributed by atoms with Gasteiger partial charge in [0.15, 0.2) is 5.82 Å². The molecule has 1 aliphatic heterocycles. The van der Waals surface area contributed by atoms with Crippen LogP contribution in [0.5, 0.6) is 0 Å². The molecule has 7 heteroatoms. The summed E-state index contributed by atoms with van der Waals surface area (Å²) in [5.41, 5.74) is 3.35. The Morgan fingerprint density at radius 1 is 1.04 bits per heavy atom. The van der Waals surface area contributed by atoms with Crippen molar-refractivity contribution in [3.8, 4) is 0 Å². The average molecular weight is 336 g/mol. The van der Waals surface area contributed by atoms with E-state index in [0.717, 1.165) is 35.6 Å². The lowest BCUT2D eigenvalue weighted by Crippen LogP contribution is -2.49. The van der Waals surface area contributed by atoms with Gasteiger partial charge in [-0.2, -0.15) is 0 Å². The summed E-state index contributed by atoms with van der Waals surface area (Å²) in [6.07, 6.45) is 3.27. The molecule has 0 spiro atoms. The molecular formula is C18H20N6O. The zero-order valence-corrected chi connectivity index (χ0v) is 14.4. The molecule has 0 radical (unpaired) electrons. The zero-order valence-electron chi connectivity index (χ0n) is 14.4. The standard InChI is InChI=1S/C18H20N6O/c1-13-17(21-15-6-4-3-5-14(15)20-13)23-7-9-24(10-8-23)18(25)16-11-19-12-22(16)2/h3-6,11-12H,7-10H2,1-2H3. The highest BCUT2D eigenvalue weighted by atomic mass is 16.2. The van der Waals surface area contributed by atoms with Crippen molar-refractivity contribution in [2.45, 2.75) is 6.92 Å². The summed E-state index contributed by atoms with van der Waals surface area (Å²) in [7, 11) is 1.84. The molecule has 1 fully saturated rings. The number of carbonyl (C=O) groups excluding carboxylic acids is 1. The number of hydrogen-bond acceptors (Lipinski definition) is 5. The van der Waals surface area contributed by atoms with Crippen LogP contribution in [0.3, 0.4) is 0 Å². The molecule has 0 N–H and O–H groups in total. The zero-order chi connectivity index (χ0) is 17.4. The predicted molar refractivity (Wildman–Crippen MR) is 95.6 cm³/mol. The van der Waals surface area contributed by atoms with Gasteiger partial charge >= 0.3 is 0 Å². The van der Waals surface area contributed by atoms with Gasteiger partial charge in [0.1, 0.15) is 5.69 Å². The third-order valence-corrected chi connectivity index (χ3v) is 4.62. The number of benzene rings is 1. The van der Waals surface area contributed by atoms with E-state index in [9.17, 15) is 4.79 Å². The number of aryl methyl sites for hydroxylation is 2. The van der Waals surface area contributed by atoms with Crippen LogP contribution in [-0.2, 0) is 7.05 Å². The Hall–Kier alpha value is -2.96. The van der Waals surface area contributed by atoms with E-state index in [0.29, 0.717) is 18.8 Å². The highest BCUT2D eigenvalue weighted by molar-refractivity contribution is 5.92. The molecule has 1 saturated heterocycles. The molecule has 7 nitrogen and oxygen atoms in total. The number of carbonyl (C=O) groups is 1. The second-order valence-corrected chi connectivity index (χ2v) is 6.29. The van der Waals surface area contributed by atoms with Crippen LogP contribution < -0.4 is 4.90 Å². The van der Waals surface area contributed by atoms with Crippen molar-refractivity contribution in [3.05, 3.63) is 48.2 Å². The van der Waals surface area contributed by atoms with Crippen LogP contribution in [0, 0.1) is 6.92 Å².